The molecule has 1 aromatic carbocycles. The van der Waals surface area contributed by atoms with E-state index in [4.69, 9.17) is 6.42 Å². The first-order valence-electron chi connectivity index (χ1n) is 6.25. The molecule has 0 aromatic heterocycles. The normalized spacial score (nSPS) is 35.5. The molecule has 17 heavy (non-hydrogen) atoms. The van der Waals surface area contributed by atoms with Gasteiger partial charge >= 0.3 is 0 Å². The van der Waals surface area contributed by atoms with Gasteiger partial charge in [-0.1, -0.05) is 24.1 Å². The minimum absolute atomic E-state index is 0.363. The highest BCUT2D eigenvalue weighted by molar-refractivity contribution is 5.44. The van der Waals surface area contributed by atoms with Crippen molar-refractivity contribution in [2.24, 2.45) is 5.92 Å². The van der Waals surface area contributed by atoms with Crippen LogP contribution >= 0.6 is 0 Å². The summed E-state index contributed by atoms with van der Waals surface area (Å²) in [4.78, 5) is 2.34. The number of benzene rings is 1. The molecule has 0 radical (unpaired) electrons. The average molecular weight is 227 g/mol. The van der Waals surface area contributed by atoms with Crippen molar-refractivity contribution < 1.29 is 5.11 Å². The van der Waals surface area contributed by atoms with Gasteiger partial charge in [0.25, 0.3) is 0 Å². The number of fused-ring (bicyclic) bond motifs is 3. The van der Waals surface area contributed by atoms with Gasteiger partial charge in [0.15, 0.2) is 0 Å². The van der Waals surface area contributed by atoms with E-state index in [9.17, 15) is 5.11 Å². The van der Waals surface area contributed by atoms with Crippen LogP contribution in [-0.4, -0.2) is 29.6 Å². The lowest BCUT2D eigenvalue weighted by Crippen LogP contribution is -2.57. The van der Waals surface area contributed by atoms with Crippen LogP contribution in [0.15, 0.2) is 24.3 Å². The maximum atomic E-state index is 11.0. The molecule has 2 bridgehead atoms. The molecule has 0 aliphatic carbocycles. The number of piperidine rings is 3. The van der Waals surface area contributed by atoms with Crippen LogP contribution in [0.4, 0.5) is 0 Å². The van der Waals surface area contributed by atoms with E-state index in [0.717, 1.165) is 43.6 Å². The van der Waals surface area contributed by atoms with Gasteiger partial charge in [-0.25, -0.2) is 0 Å². The summed E-state index contributed by atoms with van der Waals surface area (Å²) in [6.07, 6.45) is 7.70. The molecular formula is C15H17NO. The number of hydrogen-bond acceptors (Lipinski definition) is 2. The van der Waals surface area contributed by atoms with Gasteiger partial charge in [-0.3, -0.25) is 0 Å². The van der Waals surface area contributed by atoms with Crippen LogP contribution in [0.2, 0.25) is 0 Å². The molecule has 2 nitrogen and oxygen atoms in total. The number of hydrogen-bond donors (Lipinski definition) is 1. The maximum absolute atomic E-state index is 11.0. The lowest BCUT2D eigenvalue weighted by molar-refractivity contribution is -0.117. The summed E-state index contributed by atoms with van der Waals surface area (Å²) < 4.78 is 0. The minimum Gasteiger partial charge on any atom is -0.383 e. The van der Waals surface area contributed by atoms with Crippen LogP contribution in [0.1, 0.15) is 24.0 Å². The van der Waals surface area contributed by atoms with E-state index >= 15 is 0 Å². The zero-order chi connectivity index (χ0) is 11.9. The molecule has 3 heterocycles. The van der Waals surface area contributed by atoms with Crippen molar-refractivity contribution in [2.75, 3.05) is 19.6 Å². The molecule has 1 unspecified atom stereocenters. The van der Waals surface area contributed by atoms with E-state index in [1.165, 1.54) is 0 Å². The number of aliphatic hydroxyl groups is 1. The molecule has 3 aliphatic rings. The Morgan fingerprint density at radius 1 is 1.29 bits per heavy atom. The van der Waals surface area contributed by atoms with Gasteiger partial charge in [-0.05, 0) is 37.9 Å². The van der Waals surface area contributed by atoms with Crippen molar-refractivity contribution in [1.82, 2.24) is 4.90 Å². The molecule has 88 valence electrons. The Balaban J connectivity index is 2.06. The Morgan fingerprint density at radius 3 is 2.59 bits per heavy atom. The second kappa shape index (κ2) is 3.87. The molecular weight excluding hydrogens is 210 g/mol. The Kier molecular flexibility index (Phi) is 2.47. The molecule has 1 N–H and O–H groups in total. The van der Waals surface area contributed by atoms with Crippen LogP contribution < -0.4 is 0 Å². The van der Waals surface area contributed by atoms with Gasteiger partial charge in [0.05, 0.1) is 0 Å². The van der Waals surface area contributed by atoms with E-state index in [2.05, 4.69) is 10.8 Å². The summed E-state index contributed by atoms with van der Waals surface area (Å²) >= 11 is 0. The van der Waals surface area contributed by atoms with Gasteiger partial charge in [0, 0.05) is 17.7 Å². The average Bonchev–Trinajstić information content (AvgIpc) is 2.40. The molecule has 3 fully saturated rings. The Labute approximate surface area is 102 Å². The number of rotatable bonds is 1. The number of terminal acetylenes is 1. The van der Waals surface area contributed by atoms with E-state index < -0.39 is 5.60 Å². The molecule has 4 rings (SSSR count). The smallest absolute Gasteiger partial charge is 0.106 e. The molecule has 1 atom stereocenters. The third-order valence-electron chi connectivity index (χ3n) is 4.28. The largest absolute Gasteiger partial charge is 0.383 e. The van der Waals surface area contributed by atoms with Crippen molar-refractivity contribution in [3.8, 4) is 12.3 Å². The fraction of sp³-hybridized carbons (Fsp3) is 0.467. The van der Waals surface area contributed by atoms with Crippen LogP contribution in [0.3, 0.4) is 0 Å². The van der Waals surface area contributed by atoms with Gasteiger partial charge in [-0.2, -0.15) is 0 Å². The third-order valence-corrected chi connectivity index (χ3v) is 4.28. The zero-order valence-electron chi connectivity index (χ0n) is 9.89. The monoisotopic (exact) mass is 227 g/mol. The van der Waals surface area contributed by atoms with Gasteiger partial charge in [0.1, 0.15) is 5.60 Å². The van der Waals surface area contributed by atoms with Crippen molar-refractivity contribution in [1.29, 1.82) is 0 Å². The molecule has 3 aliphatic heterocycles. The van der Waals surface area contributed by atoms with E-state index in [1.807, 2.05) is 24.3 Å². The van der Waals surface area contributed by atoms with E-state index in [-0.39, 0.29) is 0 Å². The van der Waals surface area contributed by atoms with Crippen LogP contribution in [-0.2, 0) is 5.60 Å². The highest BCUT2D eigenvalue weighted by Gasteiger charge is 2.47. The van der Waals surface area contributed by atoms with Crippen molar-refractivity contribution >= 4 is 0 Å². The summed E-state index contributed by atoms with van der Waals surface area (Å²) in [6, 6.07) is 7.80. The fourth-order valence-corrected chi connectivity index (χ4v) is 3.33. The number of nitrogens with zero attached hydrogens (tertiary/aromatic N) is 1. The van der Waals surface area contributed by atoms with Crippen LogP contribution in [0.5, 0.6) is 0 Å². The molecule has 2 heteroatoms. The van der Waals surface area contributed by atoms with Gasteiger partial charge in [-0.15, -0.1) is 6.42 Å². The second-order valence-electron chi connectivity index (χ2n) is 5.16. The topological polar surface area (TPSA) is 23.5 Å². The summed E-state index contributed by atoms with van der Waals surface area (Å²) in [5.41, 5.74) is 1.04. The summed E-state index contributed by atoms with van der Waals surface area (Å²) in [5, 5.41) is 11.0. The molecule has 0 spiro atoms. The Morgan fingerprint density at radius 2 is 2.00 bits per heavy atom. The summed E-state index contributed by atoms with van der Waals surface area (Å²) in [6.45, 7) is 2.97. The maximum Gasteiger partial charge on any atom is 0.106 e. The van der Waals surface area contributed by atoms with Gasteiger partial charge < -0.3 is 10.0 Å². The summed E-state index contributed by atoms with van der Waals surface area (Å²) in [7, 11) is 0. The molecule has 0 saturated carbocycles. The predicted molar refractivity (Wildman–Crippen MR) is 67.4 cm³/mol. The second-order valence-corrected chi connectivity index (χ2v) is 5.16. The van der Waals surface area contributed by atoms with Crippen molar-refractivity contribution in [2.45, 2.75) is 18.4 Å². The Bertz CT molecular complexity index is 468. The van der Waals surface area contributed by atoms with Crippen molar-refractivity contribution in [3.05, 3.63) is 35.4 Å². The van der Waals surface area contributed by atoms with Crippen LogP contribution in [0, 0.1) is 18.3 Å². The molecule has 0 amide bonds. The highest BCUT2D eigenvalue weighted by Crippen LogP contribution is 2.43. The third kappa shape index (κ3) is 1.58. The standard InChI is InChI=1S/C15H17NO/c1-2-12-5-3-4-6-14(12)15(17)11-16-9-7-13(15)8-10-16/h1,3-6,13,17H,7-11H2. The summed E-state index contributed by atoms with van der Waals surface area (Å²) in [5.74, 6) is 3.06. The minimum atomic E-state index is -0.737. The Hall–Kier alpha value is -1.30. The van der Waals surface area contributed by atoms with E-state index in [0.29, 0.717) is 5.92 Å². The molecule has 1 aromatic rings. The predicted octanol–water partition coefficient (Wildman–Crippen LogP) is 1.58. The van der Waals surface area contributed by atoms with Crippen LogP contribution in [0.25, 0.3) is 0 Å². The van der Waals surface area contributed by atoms with E-state index in [1.54, 1.807) is 0 Å². The highest BCUT2D eigenvalue weighted by atomic mass is 16.3. The lowest BCUT2D eigenvalue weighted by atomic mass is 9.70. The SMILES string of the molecule is C#Cc1ccccc1C1(O)CN2CCC1CC2. The zero-order valence-corrected chi connectivity index (χ0v) is 9.89. The van der Waals surface area contributed by atoms with Crippen molar-refractivity contribution in [3.63, 3.8) is 0 Å². The lowest BCUT2D eigenvalue weighted by Gasteiger charge is -2.50. The molecule has 3 saturated heterocycles. The first-order chi connectivity index (χ1) is 8.24. The fourth-order valence-electron chi connectivity index (χ4n) is 3.33. The first-order valence-corrected chi connectivity index (χ1v) is 6.25. The first kappa shape index (κ1) is 10.8. The quantitative estimate of drug-likeness (QED) is 0.736. The van der Waals surface area contributed by atoms with Gasteiger partial charge in [0.2, 0.25) is 0 Å².